The van der Waals surface area contributed by atoms with Crippen LogP contribution in [0.15, 0.2) is 46.9 Å². The maximum atomic E-state index is 12.2. The molecule has 0 saturated heterocycles. The maximum absolute atomic E-state index is 12.2. The summed E-state index contributed by atoms with van der Waals surface area (Å²) < 4.78 is 5.73. The van der Waals surface area contributed by atoms with Gasteiger partial charge in [0.2, 0.25) is 0 Å². The average molecular weight is 350 g/mol. The fourth-order valence-electron chi connectivity index (χ4n) is 1.77. The van der Waals surface area contributed by atoms with Gasteiger partial charge in [0.05, 0.1) is 18.4 Å². The van der Waals surface area contributed by atoms with Crippen LogP contribution in [0.5, 0.6) is 5.75 Å². The van der Waals surface area contributed by atoms with Crippen LogP contribution >= 0.6 is 15.9 Å². The Morgan fingerprint density at radius 3 is 2.62 bits per heavy atom. The van der Waals surface area contributed by atoms with Crippen molar-refractivity contribution >= 4 is 33.5 Å². The molecule has 2 aromatic carbocycles. The molecular formula is C15H12BrNO4. The summed E-state index contributed by atoms with van der Waals surface area (Å²) in [6.45, 7) is 0. The lowest BCUT2D eigenvalue weighted by Gasteiger charge is -2.10. The Balaban J connectivity index is 2.30. The van der Waals surface area contributed by atoms with Crippen LogP contribution in [0.2, 0.25) is 0 Å². The number of hydrogen-bond donors (Lipinski definition) is 2. The molecule has 0 bridgehead atoms. The number of anilines is 1. The highest BCUT2D eigenvalue weighted by molar-refractivity contribution is 9.10. The molecule has 0 aliphatic heterocycles. The molecule has 0 aromatic heterocycles. The number of halogens is 1. The molecule has 21 heavy (non-hydrogen) atoms. The molecule has 2 rings (SSSR count). The largest absolute Gasteiger partial charge is 0.497 e. The van der Waals surface area contributed by atoms with Crippen LogP contribution in [-0.2, 0) is 0 Å². The van der Waals surface area contributed by atoms with Gasteiger partial charge in [-0.3, -0.25) is 4.79 Å². The number of nitrogens with one attached hydrogen (secondary N) is 1. The predicted octanol–water partition coefficient (Wildman–Crippen LogP) is 3.41. The summed E-state index contributed by atoms with van der Waals surface area (Å²) in [5.41, 5.74) is 0.629. The molecule has 1 amide bonds. The molecule has 0 radical (unpaired) electrons. The highest BCUT2D eigenvalue weighted by atomic mass is 79.9. The first-order valence-corrected chi connectivity index (χ1v) is 6.79. The minimum Gasteiger partial charge on any atom is -0.497 e. The third-order valence-electron chi connectivity index (χ3n) is 2.79. The SMILES string of the molecule is COc1cccc(C(=O)Nc2cc(Br)ccc2C(=O)O)c1. The average Bonchev–Trinajstić information content (AvgIpc) is 2.47. The van der Waals surface area contributed by atoms with Crippen molar-refractivity contribution < 1.29 is 19.4 Å². The molecule has 5 nitrogen and oxygen atoms in total. The first kappa shape index (κ1) is 15.1. The number of carbonyl (C=O) groups is 2. The van der Waals surface area contributed by atoms with Gasteiger partial charge in [-0.1, -0.05) is 22.0 Å². The van der Waals surface area contributed by atoms with Crippen molar-refractivity contribution in [2.24, 2.45) is 0 Å². The van der Waals surface area contributed by atoms with Crippen molar-refractivity contribution in [2.75, 3.05) is 12.4 Å². The first-order valence-electron chi connectivity index (χ1n) is 5.99. The van der Waals surface area contributed by atoms with Crippen LogP contribution in [0, 0.1) is 0 Å². The van der Waals surface area contributed by atoms with E-state index in [1.165, 1.54) is 13.2 Å². The highest BCUT2D eigenvalue weighted by Crippen LogP contribution is 2.23. The molecular weight excluding hydrogens is 338 g/mol. The molecule has 2 aromatic rings. The van der Waals surface area contributed by atoms with Crippen molar-refractivity contribution in [2.45, 2.75) is 0 Å². The Labute approximate surface area is 129 Å². The minimum atomic E-state index is -1.11. The second-order valence-electron chi connectivity index (χ2n) is 4.18. The molecule has 0 unspecified atom stereocenters. The number of benzene rings is 2. The van der Waals surface area contributed by atoms with Crippen LogP contribution in [0.25, 0.3) is 0 Å². The van der Waals surface area contributed by atoms with Crippen LogP contribution in [0.4, 0.5) is 5.69 Å². The van der Waals surface area contributed by atoms with Gasteiger partial charge in [-0.15, -0.1) is 0 Å². The Kier molecular flexibility index (Phi) is 4.59. The molecule has 0 atom stereocenters. The van der Waals surface area contributed by atoms with Crippen molar-refractivity contribution in [1.29, 1.82) is 0 Å². The normalized spacial score (nSPS) is 10.0. The van der Waals surface area contributed by atoms with Crippen LogP contribution in [0.3, 0.4) is 0 Å². The third kappa shape index (κ3) is 3.61. The Bertz CT molecular complexity index is 700. The van der Waals surface area contributed by atoms with Gasteiger partial charge in [-0.05, 0) is 36.4 Å². The van der Waals surface area contributed by atoms with E-state index in [-0.39, 0.29) is 11.3 Å². The number of rotatable bonds is 4. The summed E-state index contributed by atoms with van der Waals surface area (Å²) in [5.74, 6) is -0.965. The zero-order chi connectivity index (χ0) is 15.4. The second-order valence-corrected chi connectivity index (χ2v) is 5.10. The molecule has 2 N–H and O–H groups in total. The minimum absolute atomic E-state index is 0.0226. The summed E-state index contributed by atoms with van der Waals surface area (Å²) >= 11 is 3.25. The summed E-state index contributed by atoms with van der Waals surface area (Å²) in [7, 11) is 1.51. The molecule has 0 spiro atoms. The summed E-state index contributed by atoms with van der Waals surface area (Å²) in [6, 6.07) is 11.2. The van der Waals surface area contributed by atoms with Crippen molar-refractivity contribution in [3.8, 4) is 5.75 Å². The van der Waals surface area contributed by atoms with E-state index in [4.69, 9.17) is 9.84 Å². The van der Waals surface area contributed by atoms with Gasteiger partial charge in [-0.25, -0.2) is 4.79 Å². The predicted molar refractivity (Wildman–Crippen MR) is 82.0 cm³/mol. The van der Waals surface area contributed by atoms with Gasteiger partial charge in [0.1, 0.15) is 5.75 Å². The van der Waals surface area contributed by atoms with Gasteiger partial charge in [-0.2, -0.15) is 0 Å². The lowest BCUT2D eigenvalue weighted by Crippen LogP contribution is -2.14. The summed E-state index contributed by atoms with van der Waals surface area (Å²) in [5, 5.41) is 11.7. The monoisotopic (exact) mass is 349 g/mol. The number of methoxy groups -OCH3 is 1. The van der Waals surface area contributed by atoms with Gasteiger partial charge in [0.25, 0.3) is 5.91 Å². The molecule has 0 fully saturated rings. The fraction of sp³-hybridized carbons (Fsp3) is 0.0667. The van der Waals surface area contributed by atoms with E-state index in [0.717, 1.165) is 0 Å². The lowest BCUT2D eigenvalue weighted by atomic mass is 10.1. The summed E-state index contributed by atoms with van der Waals surface area (Å²) in [6.07, 6.45) is 0. The van der Waals surface area contributed by atoms with Crippen LogP contribution in [0.1, 0.15) is 20.7 Å². The van der Waals surface area contributed by atoms with E-state index in [2.05, 4.69) is 21.2 Å². The van der Waals surface area contributed by atoms with Crippen LogP contribution in [-0.4, -0.2) is 24.1 Å². The Morgan fingerprint density at radius 1 is 1.19 bits per heavy atom. The van der Waals surface area contributed by atoms with E-state index >= 15 is 0 Å². The van der Waals surface area contributed by atoms with Crippen LogP contribution < -0.4 is 10.1 Å². The fourth-order valence-corrected chi connectivity index (χ4v) is 2.13. The maximum Gasteiger partial charge on any atom is 0.337 e. The Morgan fingerprint density at radius 2 is 1.95 bits per heavy atom. The molecule has 0 saturated carbocycles. The smallest absolute Gasteiger partial charge is 0.337 e. The number of aromatic carboxylic acids is 1. The third-order valence-corrected chi connectivity index (χ3v) is 3.29. The van der Waals surface area contributed by atoms with Gasteiger partial charge >= 0.3 is 5.97 Å². The zero-order valence-electron chi connectivity index (χ0n) is 11.1. The second kappa shape index (κ2) is 6.41. The molecule has 0 heterocycles. The number of amides is 1. The van der Waals surface area contributed by atoms with E-state index in [1.807, 2.05) is 0 Å². The lowest BCUT2D eigenvalue weighted by molar-refractivity contribution is 0.0698. The van der Waals surface area contributed by atoms with Crippen molar-refractivity contribution in [3.63, 3.8) is 0 Å². The highest BCUT2D eigenvalue weighted by Gasteiger charge is 2.14. The number of carbonyl (C=O) groups excluding carboxylic acids is 1. The molecule has 108 valence electrons. The zero-order valence-corrected chi connectivity index (χ0v) is 12.7. The quantitative estimate of drug-likeness (QED) is 0.886. The van der Waals surface area contributed by atoms with Gasteiger partial charge in [0.15, 0.2) is 0 Å². The van der Waals surface area contributed by atoms with E-state index in [9.17, 15) is 9.59 Å². The molecule has 0 aliphatic rings. The van der Waals surface area contributed by atoms with E-state index < -0.39 is 11.9 Å². The van der Waals surface area contributed by atoms with Crippen molar-refractivity contribution in [3.05, 3.63) is 58.1 Å². The number of carboxylic acids is 1. The van der Waals surface area contributed by atoms with Gasteiger partial charge < -0.3 is 15.2 Å². The topological polar surface area (TPSA) is 75.6 Å². The summed E-state index contributed by atoms with van der Waals surface area (Å²) in [4.78, 5) is 23.4. The van der Waals surface area contributed by atoms with E-state index in [1.54, 1.807) is 36.4 Å². The number of hydrogen-bond acceptors (Lipinski definition) is 3. The number of ether oxygens (including phenoxy) is 1. The Hall–Kier alpha value is -2.34. The standard InChI is InChI=1S/C15H12BrNO4/c1-21-11-4-2-3-9(7-11)14(18)17-13-8-10(16)5-6-12(13)15(19)20/h2-8H,1H3,(H,17,18)(H,19,20). The van der Waals surface area contributed by atoms with Crippen molar-refractivity contribution in [1.82, 2.24) is 0 Å². The number of carboxylic acid groups (broad SMARTS) is 1. The molecule has 6 heteroatoms. The molecule has 0 aliphatic carbocycles. The first-order chi connectivity index (χ1) is 10.0. The van der Waals surface area contributed by atoms with E-state index in [0.29, 0.717) is 15.8 Å². The van der Waals surface area contributed by atoms with Gasteiger partial charge in [0, 0.05) is 10.0 Å².